The summed E-state index contributed by atoms with van der Waals surface area (Å²) in [7, 11) is 0. The minimum absolute atomic E-state index is 0.305. The van der Waals surface area contributed by atoms with Crippen LogP contribution in [0.25, 0.3) is 6.08 Å². The molecule has 0 atom stereocenters. The van der Waals surface area contributed by atoms with Crippen LogP contribution in [0.5, 0.6) is 0 Å². The van der Waals surface area contributed by atoms with E-state index in [0.717, 1.165) is 12.0 Å². The molecule has 0 bridgehead atoms. The highest BCUT2D eigenvalue weighted by Gasteiger charge is 2.01. The summed E-state index contributed by atoms with van der Waals surface area (Å²) in [6.07, 6.45) is 12.3. The summed E-state index contributed by atoms with van der Waals surface area (Å²) in [6, 6.07) is 3.26. The first-order valence-corrected chi connectivity index (χ1v) is 4.49. The molecule has 0 aliphatic heterocycles. The molecule has 0 amide bonds. The van der Waals surface area contributed by atoms with E-state index in [9.17, 15) is 4.79 Å². The van der Waals surface area contributed by atoms with Gasteiger partial charge in [0.2, 0.25) is 0 Å². The summed E-state index contributed by atoms with van der Waals surface area (Å²) in [5.74, 6) is 0.647. The molecule has 0 aromatic carbocycles. The first-order valence-electron chi connectivity index (χ1n) is 4.49. The Morgan fingerprint density at radius 1 is 1.07 bits per heavy atom. The normalized spacial score (nSPS) is 21.1. The van der Waals surface area contributed by atoms with Gasteiger partial charge in [-0.05, 0) is 24.1 Å². The quantitative estimate of drug-likeness (QED) is 0.622. The second-order valence-corrected chi connectivity index (χ2v) is 3.02. The lowest BCUT2D eigenvalue weighted by molar-refractivity contribution is 0.495. The largest absolute Gasteiger partial charge is 0.423 e. The summed E-state index contributed by atoms with van der Waals surface area (Å²) in [5, 5.41) is 0. The van der Waals surface area contributed by atoms with Gasteiger partial charge < -0.3 is 4.42 Å². The molecular formula is C12H10O2. The van der Waals surface area contributed by atoms with Gasteiger partial charge in [0.25, 0.3) is 0 Å². The maximum Gasteiger partial charge on any atom is 0.336 e. The van der Waals surface area contributed by atoms with Gasteiger partial charge in [-0.1, -0.05) is 30.4 Å². The van der Waals surface area contributed by atoms with Crippen molar-refractivity contribution >= 4 is 6.08 Å². The van der Waals surface area contributed by atoms with E-state index in [1.807, 2.05) is 30.4 Å². The Balaban J connectivity index is 2.52. The Morgan fingerprint density at radius 2 is 1.93 bits per heavy atom. The standard InChI is InChI=1S/C12H10O2/c13-12-9-8-10-6-4-2-1-3-5-7-11(10)14-12/h1-5,7-9H,6H2/b3-1-,4-2-,7-5-. The van der Waals surface area contributed by atoms with Crippen molar-refractivity contribution in [3.8, 4) is 0 Å². The van der Waals surface area contributed by atoms with E-state index in [1.54, 1.807) is 12.1 Å². The van der Waals surface area contributed by atoms with E-state index in [1.165, 1.54) is 6.07 Å². The van der Waals surface area contributed by atoms with Crippen molar-refractivity contribution < 1.29 is 4.42 Å². The van der Waals surface area contributed by atoms with E-state index in [-0.39, 0.29) is 5.63 Å². The van der Waals surface area contributed by atoms with E-state index >= 15 is 0 Å². The van der Waals surface area contributed by atoms with Crippen molar-refractivity contribution in [2.75, 3.05) is 0 Å². The molecule has 14 heavy (non-hydrogen) atoms. The number of hydrogen-bond acceptors (Lipinski definition) is 2. The van der Waals surface area contributed by atoms with Crippen LogP contribution >= 0.6 is 0 Å². The van der Waals surface area contributed by atoms with Gasteiger partial charge in [0, 0.05) is 6.07 Å². The zero-order valence-electron chi connectivity index (χ0n) is 7.64. The Hall–Kier alpha value is -1.83. The van der Waals surface area contributed by atoms with Crippen LogP contribution in [0, 0.1) is 0 Å². The lowest BCUT2D eigenvalue weighted by Gasteiger charge is -1.99. The van der Waals surface area contributed by atoms with E-state index in [0.29, 0.717) is 5.76 Å². The van der Waals surface area contributed by atoms with Gasteiger partial charge in [0.05, 0.1) is 0 Å². The highest BCUT2D eigenvalue weighted by Crippen LogP contribution is 2.11. The lowest BCUT2D eigenvalue weighted by Crippen LogP contribution is -1.99. The molecule has 2 heteroatoms. The number of rotatable bonds is 0. The third kappa shape index (κ3) is 1.91. The van der Waals surface area contributed by atoms with Crippen molar-refractivity contribution in [3.63, 3.8) is 0 Å². The minimum atomic E-state index is -0.305. The first-order chi connectivity index (χ1) is 6.86. The molecule has 70 valence electrons. The zero-order chi connectivity index (χ0) is 9.80. The highest BCUT2D eigenvalue weighted by atomic mass is 16.4. The van der Waals surface area contributed by atoms with Crippen LogP contribution in [0.1, 0.15) is 11.3 Å². The van der Waals surface area contributed by atoms with Gasteiger partial charge >= 0.3 is 5.63 Å². The summed E-state index contributed by atoms with van der Waals surface area (Å²) < 4.78 is 5.08. The first kappa shape index (κ1) is 8.75. The molecule has 1 aliphatic rings. The third-order valence-electron chi connectivity index (χ3n) is 2.00. The highest BCUT2D eigenvalue weighted by molar-refractivity contribution is 5.50. The van der Waals surface area contributed by atoms with Gasteiger partial charge in [-0.2, -0.15) is 0 Å². The average molecular weight is 186 g/mol. The third-order valence-corrected chi connectivity index (χ3v) is 2.00. The van der Waals surface area contributed by atoms with Crippen LogP contribution < -0.4 is 5.63 Å². The molecule has 2 nitrogen and oxygen atoms in total. The molecule has 0 spiro atoms. The molecule has 1 aromatic heterocycles. The average Bonchev–Trinajstić information content (AvgIpc) is 2.29. The monoisotopic (exact) mass is 186 g/mol. The van der Waals surface area contributed by atoms with Gasteiger partial charge in [0.1, 0.15) is 5.76 Å². The Labute approximate surface area is 81.9 Å². The topological polar surface area (TPSA) is 30.2 Å². The molecule has 0 radical (unpaired) electrons. The molecule has 0 unspecified atom stereocenters. The molecule has 1 aromatic rings. The molecular weight excluding hydrogens is 176 g/mol. The van der Waals surface area contributed by atoms with E-state index < -0.39 is 0 Å². The Kier molecular flexibility index (Phi) is 2.45. The van der Waals surface area contributed by atoms with Crippen LogP contribution in [0.2, 0.25) is 0 Å². The van der Waals surface area contributed by atoms with Gasteiger partial charge in [-0.15, -0.1) is 0 Å². The molecule has 1 heterocycles. The van der Waals surface area contributed by atoms with E-state index in [4.69, 9.17) is 4.42 Å². The fourth-order valence-electron chi connectivity index (χ4n) is 1.31. The van der Waals surface area contributed by atoms with Crippen molar-refractivity contribution in [1.82, 2.24) is 0 Å². The number of fused-ring (bicyclic) bond motifs is 1. The molecule has 0 fully saturated rings. The lowest BCUT2D eigenvalue weighted by atomic mass is 10.1. The predicted molar refractivity (Wildman–Crippen MR) is 56.0 cm³/mol. The smallest absolute Gasteiger partial charge is 0.336 e. The molecule has 0 saturated heterocycles. The second-order valence-electron chi connectivity index (χ2n) is 3.02. The van der Waals surface area contributed by atoms with Crippen LogP contribution in [0.4, 0.5) is 0 Å². The fourth-order valence-corrected chi connectivity index (χ4v) is 1.31. The predicted octanol–water partition coefficient (Wildman–Crippen LogP) is 2.32. The Bertz CT molecular complexity index is 461. The SMILES string of the molecule is O=c1ccc2c(o1)\C=C/C=C\C=C/C2. The van der Waals surface area contributed by atoms with Crippen molar-refractivity contribution in [2.45, 2.75) is 6.42 Å². The second kappa shape index (κ2) is 3.92. The molecule has 2 rings (SSSR count). The van der Waals surface area contributed by atoms with Gasteiger partial charge in [0.15, 0.2) is 0 Å². The minimum Gasteiger partial charge on any atom is -0.423 e. The maximum atomic E-state index is 11.0. The molecule has 1 aliphatic carbocycles. The summed E-state index contributed by atoms with van der Waals surface area (Å²) in [6.45, 7) is 0. The van der Waals surface area contributed by atoms with Gasteiger partial charge in [-0.25, -0.2) is 4.79 Å². The van der Waals surface area contributed by atoms with Crippen molar-refractivity contribution in [2.24, 2.45) is 0 Å². The zero-order valence-corrected chi connectivity index (χ0v) is 7.64. The summed E-state index contributed by atoms with van der Waals surface area (Å²) in [4.78, 5) is 11.0. The van der Waals surface area contributed by atoms with Gasteiger partial charge in [-0.3, -0.25) is 0 Å². The summed E-state index contributed by atoms with van der Waals surface area (Å²) in [5.41, 5.74) is 0.724. The van der Waals surface area contributed by atoms with Crippen LogP contribution in [0.3, 0.4) is 0 Å². The number of hydrogen-bond donors (Lipinski definition) is 0. The molecule has 0 saturated carbocycles. The Morgan fingerprint density at radius 3 is 2.86 bits per heavy atom. The van der Waals surface area contributed by atoms with Crippen LogP contribution in [0.15, 0.2) is 51.7 Å². The molecule has 0 N–H and O–H groups in total. The van der Waals surface area contributed by atoms with E-state index in [2.05, 4.69) is 0 Å². The summed E-state index contributed by atoms with van der Waals surface area (Å²) >= 11 is 0. The van der Waals surface area contributed by atoms with Crippen LogP contribution in [-0.4, -0.2) is 0 Å². The van der Waals surface area contributed by atoms with Crippen LogP contribution in [-0.2, 0) is 6.42 Å². The number of allylic oxidation sites excluding steroid dienone is 5. The maximum absolute atomic E-state index is 11.0. The fraction of sp³-hybridized carbons (Fsp3) is 0.0833. The van der Waals surface area contributed by atoms with Crippen molar-refractivity contribution in [3.05, 3.63) is 64.3 Å². The van der Waals surface area contributed by atoms with Crippen molar-refractivity contribution in [1.29, 1.82) is 0 Å².